The maximum Gasteiger partial charge on any atom is 0.183 e. The third kappa shape index (κ3) is 74.3. The van der Waals surface area contributed by atoms with Crippen LogP contribution < -0.4 is 4.65 Å². The Bertz CT molecular complexity index is 1200. The first-order valence-electron chi connectivity index (χ1n) is 30.7. The first-order chi connectivity index (χ1) is 40.1. The molecule has 1 N–H and O–H groups in total. The Hall–Kier alpha value is -0.0525. The maximum absolute atomic E-state index is 5.85. The van der Waals surface area contributed by atoms with Crippen molar-refractivity contribution >= 4 is 33.1 Å². The lowest BCUT2D eigenvalue weighted by Gasteiger charge is -2.35. The van der Waals surface area contributed by atoms with Gasteiger partial charge in [-0.3, -0.25) is 0 Å². The van der Waals surface area contributed by atoms with Crippen LogP contribution in [0.2, 0.25) is 77.6 Å². The molecule has 0 aromatic rings. The van der Waals surface area contributed by atoms with Gasteiger partial charge >= 0.3 is 0 Å². The van der Waals surface area contributed by atoms with Crippen LogP contribution in [0.3, 0.4) is 0 Å². The van der Waals surface area contributed by atoms with E-state index in [1.807, 2.05) is 0 Å². The zero-order valence-corrected chi connectivity index (χ0v) is 58.0. The van der Waals surface area contributed by atoms with Gasteiger partial charge in [-0.1, -0.05) is 26.2 Å². The van der Waals surface area contributed by atoms with Crippen LogP contribution in [0.15, 0.2) is 0 Å². The van der Waals surface area contributed by atoms with E-state index in [2.05, 4.69) is 70.1 Å². The van der Waals surface area contributed by atoms with E-state index in [0.29, 0.717) is 264 Å². The van der Waals surface area contributed by atoms with Crippen LogP contribution in [-0.2, 0) is 104 Å². The van der Waals surface area contributed by atoms with Gasteiger partial charge in [0.15, 0.2) is 16.6 Å². The predicted octanol–water partition coefficient (Wildman–Crippen LogP) is 5.80. The lowest BCUT2D eigenvalue weighted by molar-refractivity contribution is -0.0267. The summed E-state index contributed by atoms with van der Waals surface area (Å²) in [5.74, 6) is 0. The topological polar surface area (TPSA) is 215 Å². The lowest BCUT2D eigenvalue weighted by atomic mass is 10.5. The monoisotopic (exact) mass is 1270 g/mol. The minimum Gasteiger partial charge on any atom is -0.415 e. The average Bonchev–Trinajstić information content (AvgIpc) is 3.42. The SMILES string of the molecule is C[Si](C)(CCCOCCOCCOCCOCCOCCOCCOCCOCCOCCOCCO[Si](C)(C)C)N[Si](C)(C)CCCOCCOCCOCCOCCOCCOCCOCCOCCOCCOCCO[Si](C)(C)C. The molecule has 0 aliphatic rings. The van der Waals surface area contributed by atoms with Gasteiger partial charge in [-0.2, -0.15) is 0 Å². The summed E-state index contributed by atoms with van der Waals surface area (Å²) in [6.07, 6.45) is 2.10. The molecule has 23 nitrogen and oxygen atoms in total. The Balaban J connectivity index is 3.35. The smallest absolute Gasteiger partial charge is 0.183 e. The highest BCUT2D eigenvalue weighted by Crippen LogP contribution is 2.17. The summed E-state index contributed by atoms with van der Waals surface area (Å²) >= 11 is 0. The third-order valence-corrected chi connectivity index (χ3v) is 21.8. The molecule has 0 atom stereocenters. The van der Waals surface area contributed by atoms with Crippen molar-refractivity contribution in [2.45, 2.75) is 90.4 Å². The highest BCUT2D eigenvalue weighted by Gasteiger charge is 2.30. The minimum atomic E-state index is -1.55. The second kappa shape index (κ2) is 62.2. The Morgan fingerprint density at radius 2 is 0.289 bits per heavy atom. The van der Waals surface area contributed by atoms with E-state index in [1.165, 1.54) is 12.1 Å². The average molecular weight is 1270 g/mol. The van der Waals surface area contributed by atoms with Crippen LogP contribution >= 0.6 is 0 Å². The van der Waals surface area contributed by atoms with Crippen molar-refractivity contribution in [3.05, 3.63) is 0 Å². The van der Waals surface area contributed by atoms with Crippen molar-refractivity contribution in [2.24, 2.45) is 0 Å². The summed E-state index contributed by atoms with van der Waals surface area (Å²) in [5, 5.41) is 0. The molecule has 0 aromatic heterocycles. The van der Waals surface area contributed by atoms with Gasteiger partial charge in [0.25, 0.3) is 0 Å². The van der Waals surface area contributed by atoms with Crippen LogP contribution in [0.5, 0.6) is 0 Å². The van der Waals surface area contributed by atoms with Crippen LogP contribution in [0.4, 0.5) is 0 Å². The molecule has 0 aliphatic heterocycles. The molecule has 0 bridgehead atoms. The molecular weight excluding hydrogens is 1150 g/mol. The van der Waals surface area contributed by atoms with E-state index in [4.69, 9.17) is 104 Å². The predicted molar refractivity (Wildman–Crippen MR) is 332 cm³/mol. The van der Waals surface area contributed by atoms with Gasteiger partial charge in [0.1, 0.15) is 16.5 Å². The second-order valence-electron chi connectivity index (χ2n) is 22.3. The van der Waals surface area contributed by atoms with Gasteiger partial charge in [0.05, 0.1) is 264 Å². The summed E-state index contributed by atoms with van der Waals surface area (Å²) in [6, 6.07) is 2.36. The zero-order valence-electron chi connectivity index (χ0n) is 54.0. The molecule has 0 spiro atoms. The lowest BCUT2D eigenvalue weighted by Crippen LogP contribution is -2.58. The first kappa shape index (κ1) is 82.9. The van der Waals surface area contributed by atoms with Crippen LogP contribution in [0.25, 0.3) is 0 Å². The van der Waals surface area contributed by atoms with Crippen molar-refractivity contribution in [2.75, 3.05) is 277 Å². The molecule has 0 unspecified atom stereocenters. The molecule has 0 rings (SSSR count). The molecule has 0 amide bonds. The Kier molecular flexibility index (Phi) is 62.1. The Labute approximate surface area is 507 Å². The fourth-order valence-electron chi connectivity index (χ4n) is 7.25. The normalized spacial score (nSPS) is 12.7. The fraction of sp³-hybridized carbons (Fsp3) is 1.00. The van der Waals surface area contributed by atoms with Crippen molar-refractivity contribution in [1.29, 1.82) is 0 Å². The molecule has 27 heteroatoms. The van der Waals surface area contributed by atoms with Gasteiger partial charge in [-0.25, -0.2) is 0 Å². The summed E-state index contributed by atoms with van der Waals surface area (Å²) < 4.78 is 127. The first-order valence-corrected chi connectivity index (χ1v) is 44.0. The summed E-state index contributed by atoms with van der Waals surface area (Å²) in [4.78, 5) is 0. The van der Waals surface area contributed by atoms with E-state index in [1.54, 1.807) is 0 Å². The molecule has 0 aromatic carbocycles. The summed E-state index contributed by atoms with van der Waals surface area (Å²) in [6.45, 7) is 45.6. The third-order valence-electron chi connectivity index (χ3n) is 11.1. The number of rotatable bonds is 72. The van der Waals surface area contributed by atoms with E-state index < -0.39 is 33.1 Å². The van der Waals surface area contributed by atoms with Crippen molar-refractivity contribution < 1.29 is 104 Å². The van der Waals surface area contributed by atoms with Gasteiger partial charge in [-0.15, -0.1) is 0 Å². The highest BCUT2D eigenvalue weighted by molar-refractivity contribution is 6.91. The molecular formula is C56H123NO22Si4. The van der Waals surface area contributed by atoms with Crippen molar-refractivity contribution in [3.63, 3.8) is 0 Å². The molecule has 500 valence electrons. The molecule has 0 aliphatic carbocycles. The Morgan fingerprint density at radius 1 is 0.169 bits per heavy atom. The molecule has 0 heterocycles. The van der Waals surface area contributed by atoms with E-state index in [9.17, 15) is 0 Å². The molecule has 0 radical (unpaired) electrons. The van der Waals surface area contributed by atoms with E-state index >= 15 is 0 Å². The standard InChI is InChI=1S/C56H123NO22Si4/c1-80(2,3)78-53-51-76-49-47-74-45-43-72-41-39-70-37-35-68-33-31-66-29-27-64-25-23-62-21-19-60-17-15-58-13-11-55-82(7,8)57-83(9,10)56-12-14-59-16-18-61-20-22-63-24-26-65-28-30-67-32-34-69-36-38-71-40-42-73-44-46-75-48-50-77-52-54-79-81(4,5)6/h57H,11-56H2,1-10H3. The number of hydrogen-bond donors (Lipinski definition) is 1. The van der Waals surface area contributed by atoms with Crippen LogP contribution in [-0.4, -0.2) is 311 Å². The summed E-state index contributed by atoms with van der Waals surface area (Å²) in [7, 11) is -6.02. The fourth-order valence-corrected chi connectivity index (χ4v) is 19.0. The number of hydrogen-bond acceptors (Lipinski definition) is 23. The van der Waals surface area contributed by atoms with E-state index in [0.717, 1.165) is 26.1 Å². The summed E-state index contributed by atoms with van der Waals surface area (Å²) in [5.41, 5.74) is 0. The Morgan fingerprint density at radius 3 is 0.422 bits per heavy atom. The molecule has 83 heavy (non-hydrogen) atoms. The quantitative estimate of drug-likeness (QED) is 0.0562. The zero-order chi connectivity index (χ0) is 60.8. The van der Waals surface area contributed by atoms with Gasteiger partial charge < -0.3 is 108 Å². The number of ether oxygens (including phenoxy) is 20. The van der Waals surface area contributed by atoms with Gasteiger partial charge in [-0.05, 0) is 64.2 Å². The largest absolute Gasteiger partial charge is 0.415 e. The minimum absolute atomic E-state index is 0.508. The maximum atomic E-state index is 5.85. The molecule has 0 saturated carbocycles. The van der Waals surface area contributed by atoms with Crippen LogP contribution in [0.1, 0.15) is 12.8 Å². The van der Waals surface area contributed by atoms with Gasteiger partial charge in [0, 0.05) is 13.2 Å². The molecule has 0 saturated heterocycles. The van der Waals surface area contributed by atoms with Crippen LogP contribution in [0, 0.1) is 0 Å². The van der Waals surface area contributed by atoms with E-state index in [-0.39, 0.29) is 0 Å². The highest BCUT2D eigenvalue weighted by atomic mass is 28.4. The molecule has 0 fully saturated rings. The number of nitrogens with one attached hydrogen (secondary N) is 1. The van der Waals surface area contributed by atoms with Crippen molar-refractivity contribution in [3.8, 4) is 0 Å². The van der Waals surface area contributed by atoms with Crippen molar-refractivity contribution in [1.82, 2.24) is 4.65 Å². The second-order valence-corrected chi connectivity index (χ2v) is 40.8. The van der Waals surface area contributed by atoms with Gasteiger partial charge in [0.2, 0.25) is 0 Å².